The van der Waals surface area contributed by atoms with Gasteiger partial charge in [-0.1, -0.05) is 255 Å². The van der Waals surface area contributed by atoms with Gasteiger partial charge in [0.1, 0.15) is 25.4 Å². The van der Waals surface area contributed by atoms with Crippen LogP contribution in [0, 0.1) is 0 Å². The zero-order valence-corrected chi connectivity index (χ0v) is 61.5. The van der Waals surface area contributed by atoms with Crippen LogP contribution >= 0.6 is 15.6 Å². The van der Waals surface area contributed by atoms with Crippen molar-refractivity contribution in [2.75, 3.05) is 39.6 Å². The van der Waals surface area contributed by atoms with Gasteiger partial charge in [-0.05, 0) is 148 Å². The molecule has 4 N–H and O–H groups in total. The van der Waals surface area contributed by atoms with Crippen molar-refractivity contribution < 1.29 is 75.8 Å². The van der Waals surface area contributed by atoms with E-state index in [9.17, 15) is 43.5 Å². The molecule has 0 aliphatic carbocycles. The SMILES string of the molecule is CC/C=C\C/C=C\C/C=C\C/C=C\C/C=C\C/C=C\CCC(=O)OC(COC(=O)CCCCCCC/C=C\C/C=C\C/C=C\C/C=C\CCCCC)COP(=O)(O)OCC(O)COP(=O)(O)OCC(O)COC(=O)CCCCCCC/C=C\C/C=C\C/C=C\C/C=C\CCCCC. The summed E-state index contributed by atoms with van der Waals surface area (Å²) < 4.78 is 60.9. The molecular formula is C79H128O16P2. The fourth-order valence-corrected chi connectivity index (χ4v) is 10.4. The van der Waals surface area contributed by atoms with E-state index in [1.54, 1.807) is 0 Å². The number of carbonyl (C=O) groups is 3. The first kappa shape index (κ1) is 91.9. The van der Waals surface area contributed by atoms with Gasteiger partial charge in [-0.15, -0.1) is 0 Å². The van der Waals surface area contributed by atoms with Crippen molar-refractivity contribution in [1.82, 2.24) is 0 Å². The highest BCUT2D eigenvalue weighted by Gasteiger charge is 2.29. The van der Waals surface area contributed by atoms with Gasteiger partial charge in [0.25, 0.3) is 0 Å². The van der Waals surface area contributed by atoms with Crippen molar-refractivity contribution in [2.24, 2.45) is 0 Å². The second kappa shape index (κ2) is 70.8. The lowest BCUT2D eigenvalue weighted by Crippen LogP contribution is -2.29. The van der Waals surface area contributed by atoms with Crippen molar-refractivity contribution in [3.63, 3.8) is 0 Å². The van der Waals surface area contributed by atoms with Gasteiger partial charge in [-0.2, -0.15) is 0 Å². The second-order valence-electron chi connectivity index (χ2n) is 23.6. The molecule has 5 atom stereocenters. The van der Waals surface area contributed by atoms with Crippen LogP contribution in [-0.2, 0) is 55.8 Å². The average molecular weight is 1400 g/mol. The van der Waals surface area contributed by atoms with E-state index in [4.69, 9.17) is 32.3 Å². The van der Waals surface area contributed by atoms with Crippen LogP contribution in [0.4, 0.5) is 0 Å². The van der Waals surface area contributed by atoms with Crippen molar-refractivity contribution >= 4 is 33.6 Å². The van der Waals surface area contributed by atoms with Crippen LogP contribution in [0.1, 0.15) is 252 Å². The molecule has 0 rings (SSSR count). The molecule has 0 radical (unpaired) electrons. The average Bonchev–Trinajstić information content (AvgIpc) is 2.08. The molecule has 18 heteroatoms. The van der Waals surface area contributed by atoms with Crippen LogP contribution in [0.5, 0.6) is 0 Å². The largest absolute Gasteiger partial charge is 0.472 e. The van der Waals surface area contributed by atoms with E-state index in [0.717, 1.165) is 141 Å². The molecule has 0 aromatic heterocycles. The maximum absolute atomic E-state index is 12.9. The molecule has 0 aromatic carbocycles. The molecule has 0 aliphatic heterocycles. The van der Waals surface area contributed by atoms with E-state index in [0.29, 0.717) is 25.7 Å². The van der Waals surface area contributed by atoms with E-state index < -0.39 is 91.5 Å². The number of esters is 3. The Labute approximate surface area is 586 Å². The number of ether oxygens (including phenoxy) is 3. The number of hydrogen-bond acceptors (Lipinski definition) is 14. The Morgan fingerprint density at radius 1 is 0.299 bits per heavy atom. The topological polar surface area (TPSA) is 231 Å². The quantitative estimate of drug-likeness (QED) is 0.0146. The molecule has 0 heterocycles. The monoisotopic (exact) mass is 1390 g/mol. The van der Waals surface area contributed by atoms with Gasteiger partial charge in [0.15, 0.2) is 6.10 Å². The molecule has 0 amide bonds. The van der Waals surface area contributed by atoms with Crippen molar-refractivity contribution in [1.29, 1.82) is 0 Å². The summed E-state index contributed by atoms with van der Waals surface area (Å²) in [5.41, 5.74) is 0. The molecule has 0 saturated heterocycles. The van der Waals surface area contributed by atoms with Crippen LogP contribution in [0.25, 0.3) is 0 Å². The van der Waals surface area contributed by atoms with E-state index in [2.05, 4.69) is 173 Å². The first-order valence-corrected chi connectivity index (χ1v) is 39.4. The lowest BCUT2D eigenvalue weighted by atomic mass is 10.1. The lowest BCUT2D eigenvalue weighted by Gasteiger charge is -2.21. The van der Waals surface area contributed by atoms with Crippen LogP contribution < -0.4 is 0 Å². The van der Waals surface area contributed by atoms with E-state index in [1.807, 2.05) is 18.2 Å². The number of allylic oxidation sites excluding steroid dienone is 28. The fraction of sp³-hybridized carbons (Fsp3) is 0.608. The van der Waals surface area contributed by atoms with Gasteiger partial charge in [-0.3, -0.25) is 32.5 Å². The third-order valence-electron chi connectivity index (χ3n) is 14.4. The summed E-state index contributed by atoms with van der Waals surface area (Å²) in [6.45, 7) is 2.34. The number of aliphatic hydroxyl groups is 2. The van der Waals surface area contributed by atoms with Crippen molar-refractivity contribution in [3.05, 3.63) is 170 Å². The Morgan fingerprint density at radius 3 is 0.907 bits per heavy atom. The minimum atomic E-state index is -4.96. The Balaban J connectivity index is 4.84. The van der Waals surface area contributed by atoms with Crippen LogP contribution in [-0.4, -0.2) is 95.9 Å². The summed E-state index contributed by atoms with van der Waals surface area (Å²) in [5, 5.41) is 20.6. The predicted octanol–water partition coefficient (Wildman–Crippen LogP) is 20.9. The highest BCUT2D eigenvalue weighted by atomic mass is 31.2. The molecule has 0 saturated carbocycles. The number of aliphatic hydroxyl groups excluding tert-OH is 2. The summed E-state index contributed by atoms with van der Waals surface area (Å²) in [7, 11) is -9.84. The third-order valence-corrected chi connectivity index (χ3v) is 16.3. The standard InChI is InChI=1S/C79H128O16P2/c1-4-7-10-13-16-19-22-25-28-31-34-36-39-41-44-47-50-53-56-59-62-65-77(82)89-68-74(80)69-91-96(85,86)92-70-75(81)71-93-97(87,88)94-73-76(95-79(84)67-64-61-58-55-52-49-46-43-38-33-30-27-24-21-18-15-12-9-6-3)72-90-78(83)66-63-60-57-54-51-48-45-42-40-37-35-32-29-26-23-20-17-14-11-8-5-2/h9,12,16-21,25-30,34-38,41-45,49,52,58,61,74-76,80-81H,4-8,10-11,13-15,22-24,31-33,39-40,46-48,50-51,53-57,59-60,62-73H2,1-3H3,(H,85,86)(H,87,88)/b12-9-,19-16-,20-17-,21-18-,28-25-,29-26-,30-27-,36-34-,37-35-,43-38-,44-41-,45-42-,52-49-,61-58-. The van der Waals surface area contributed by atoms with Crippen molar-refractivity contribution in [2.45, 2.75) is 270 Å². The van der Waals surface area contributed by atoms with E-state index >= 15 is 0 Å². The molecule has 550 valence electrons. The van der Waals surface area contributed by atoms with Crippen molar-refractivity contribution in [3.8, 4) is 0 Å². The minimum absolute atomic E-state index is 0.0328. The van der Waals surface area contributed by atoms with Gasteiger partial charge in [-0.25, -0.2) is 9.13 Å². The molecule has 0 aliphatic rings. The predicted molar refractivity (Wildman–Crippen MR) is 398 cm³/mol. The smallest absolute Gasteiger partial charge is 0.463 e. The van der Waals surface area contributed by atoms with Gasteiger partial charge in [0.05, 0.1) is 26.4 Å². The summed E-state index contributed by atoms with van der Waals surface area (Å²) in [6, 6.07) is 0. The zero-order valence-electron chi connectivity index (χ0n) is 59.7. The molecule has 0 bridgehead atoms. The Kier molecular flexibility index (Phi) is 67.0. The number of phosphoric acid groups is 2. The minimum Gasteiger partial charge on any atom is -0.463 e. The normalized spacial score (nSPS) is 15.1. The molecule has 0 fully saturated rings. The maximum atomic E-state index is 12.9. The summed E-state index contributed by atoms with van der Waals surface area (Å²) in [5.74, 6) is -1.73. The molecule has 97 heavy (non-hydrogen) atoms. The van der Waals surface area contributed by atoms with Crippen LogP contribution in [0.3, 0.4) is 0 Å². The third kappa shape index (κ3) is 72.0. The fourth-order valence-electron chi connectivity index (χ4n) is 8.86. The summed E-state index contributed by atoms with van der Waals surface area (Å²) >= 11 is 0. The first-order chi connectivity index (χ1) is 47.2. The first-order valence-electron chi connectivity index (χ1n) is 36.4. The molecule has 0 aromatic rings. The Bertz CT molecular complexity index is 2440. The van der Waals surface area contributed by atoms with E-state index in [1.165, 1.54) is 44.9 Å². The number of hydrogen-bond donors (Lipinski definition) is 4. The highest BCUT2D eigenvalue weighted by molar-refractivity contribution is 7.47. The highest BCUT2D eigenvalue weighted by Crippen LogP contribution is 2.45. The number of carbonyl (C=O) groups excluding carboxylic acids is 3. The van der Waals surface area contributed by atoms with Crippen LogP contribution in [0.15, 0.2) is 170 Å². The second-order valence-corrected chi connectivity index (χ2v) is 26.6. The molecule has 0 spiro atoms. The maximum Gasteiger partial charge on any atom is 0.472 e. The molecular weight excluding hydrogens is 1270 g/mol. The number of phosphoric ester groups is 2. The lowest BCUT2D eigenvalue weighted by molar-refractivity contribution is -0.161. The van der Waals surface area contributed by atoms with Gasteiger partial charge >= 0.3 is 33.6 Å². The van der Waals surface area contributed by atoms with Crippen LogP contribution in [0.2, 0.25) is 0 Å². The Hall–Kier alpha value is -5.09. The van der Waals surface area contributed by atoms with Gasteiger partial charge in [0, 0.05) is 19.3 Å². The number of rotatable bonds is 67. The molecule has 16 nitrogen and oxygen atoms in total. The van der Waals surface area contributed by atoms with Gasteiger partial charge < -0.3 is 34.2 Å². The summed E-state index contributed by atoms with van der Waals surface area (Å²) in [4.78, 5) is 58.5. The summed E-state index contributed by atoms with van der Waals surface area (Å²) in [6.07, 6.45) is 88.3. The van der Waals surface area contributed by atoms with E-state index in [-0.39, 0.29) is 19.3 Å². The molecule has 5 unspecified atom stereocenters. The zero-order chi connectivity index (χ0) is 70.9. The van der Waals surface area contributed by atoms with Gasteiger partial charge in [0.2, 0.25) is 0 Å². The Morgan fingerprint density at radius 2 is 0.567 bits per heavy atom. The number of unbranched alkanes of at least 4 members (excludes halogenated alkanes) is 16.